The van der Waals surface area contributed by atoms with E-state index in [4.69, 9.17) is 9.47 Å². The summed E-state index contributed by atoms with van der Waals surface area (Å²) in [6, 6.07) is 11.1. The van der Waals surface area contributed by atoms with Gasteiger partial charge in [0.05, 0.1) is 17.1 Å². The van der Waals surface area contributed by atoms with Crippen molar-refractivity contribution in [2.24, 2.45) is 0 Å². The predicted molar refractivity (Wildman–Crippen MR) is 120 cm³/mol. The Morgan fingerprint density at radius 3 is 2.38 bits per heavy atom. The quantitative estimate of drug-likeness (QED) is 0.606. The van der Waals surface area contributed by atoms with Crippen molar-refractivity contribution in [2.45, 2.75) is 38.0 Å². The number of sulfonamides is 1. The maximum absolute atomic E-state index is 13.0. The van der Waals surface area contributed by atoms with Gasteiger partial charge in [0.25, 0.3) is 5.91 Å². The smallest absolute Gasteiger partial charge is 0.338 e. The lowest BCUT2D eigenvalue weighted by Gasteiger charge is -2.26. The Morgan fingerprint density at radius 2 is 1.72 bits per heavy atom. The van der Waals surface area contributed by atoms with Crippen molar-refractivity contribution in [3.63, 3.8) is 0 Å². The Balaban J connectivity index is 1.62. The van der Waals surface area contributed by atoms with Crippen LogP contribution in [0, 0.1) is 6.92 Å². The molecule has 1 aliphatic rings. The number of hydrogen-bond acceptors (Lipinski definition) is 6. The summed E-state index contributed by atoms with van der Waals surface area (Å²) in [5.74, 6) is -0.429. The molecule has 32 heavy (non-hydrogen) atoms. The molecule has 1 amide bonds. The Morgan fingerprint density at radius 1 is 1.03 bits per heavy atom. The maximum atomic E-state index is 13.0. The third-order valence-corrected chi connectivity index (χ3v) is 7.18. The molecule has 1 aliphatic heterocycles. The fraction of sp³-hybridized carbons (Fsp3) is 0.391. The predicted octanol–water partition coefficient (Wildman–Crippen LogP) is 3.36. The van der Waals surface area contributed by atoms with Crippen LogP contribution in [0.4, 0.5) is 5.69 Å². The summed E-state index contributed by atoms with van der Waals surface area (Å²) in [6.07, 6.45) is 2.74. The summed E-state index contributed by atoms with van der Waals surface area (Å²) in [5, 5.41) is 2.68. The van der Waals surface area contributed by atoms with Crippen molar-refractivity contribution in [3.8, 4) is 5.75 Å². The number of piperidine rings is 1. The summed E-state index contributed by atoms with van der Waals surface area (Å²) in [5.41, 5.74) is 1.41. The molecular formula is C23H28N2O6S. The fourth-order valence-electron chi connectivity index (χ4n) is 3.45. The van der Waals surface area contributed by atoms with Crippen LogP contribution in [-0.4, -0.2) is 50.9 Å². The van der Waals surface area contributed by atoms with Crippen LogP contribution in [0.15, 0.2) is 47.4 Å². The molecule has 0 unspecified atom stereocenters. The highest BCUT2D eigenvalue weighted by Crippen LogP contribution is 2.26. The van der Waals surface area contributed by atoms with Gasteiger partial charge in [-0.2, -0.15) is 4.31 Å². The van der Waals surface area contributed by atoms with Crippen molar-refractivity contribution in [3.05, 3.63) is 53.6 Å². The third-order valence-electron chi connectivity index (χ3n) is 5.14. The monoisotopic (exact) mass is 460 g/mol. The first-order chi connectivity index (χ1) is 15.3. The lowest BCUT2D eigenvalue weighted by atomic mass is 10.2. The molecule has 2 aromatic rings. The molecule has 0 saturated carbocycles. The lowest BCUT2D eigenvalue weighted by Crippen LogP contribution is -2.36. The van der Waals surface area contributed by atoms with E-state index in [1.54, 1.807) is 50.2 Å². The van der Waals surface area contributed by atoms with Gasteiger partial charge in [-0.3, -0.25) is 4.79 Å². The van der Waals surface area contributed by atoms with Crippen molar-refractivity contribution in [1.29, 1.82) is 0 Å². The number of benzene rings is 2. The van der Waals surface area contributed by atoms with Crippen LogP contribution in [0.1, 0.15) is 42.1 Å². The van der Waals surface area contributed by atoms with Gasteiger partial charge in [-0.15, -0.1) is 0 Å². The van der Waals surface area contributed by atoms with E-state index in [1.165, 1.54) is 10.4 Å². The molecule has 1 N–H and O–H groups in total. The molecule has 0 aliphatic carbocycles. The molecule has 3 rings (SSSR count). The van der Waals surface area contributed by atoms with Crippen LogP contribution >= 0.6 is 0 Å². The first-order valence-corrected chi connectivity index (χ1v) is 12.1. The largest absolute Gasteiger partial charge is 0.484 e. The number of anilines is 1. The molecule has 0 aromatic heterocycles. The second-order valence-electron chi connectivity index (χ2n) is 7.53. The topological polar surface area (TPSA) is 102 Å². The Labute approximate surface area is 188 Å². The normalized spacial score (nSPS) is 14.6. The first kappa shape index (κ1) is 23.7. The Kier molecular flexibility index (Phi) is 7.87. The molecule has 0 bridgehead atoms. The number of rotatable bonds is 8. The van der Waals surface area contributed by atoms with E-state index in [0.29, 0.717) is 35.7 Å². The molecule has 2 aromatic carbocycles. The fourth-order valence-corrected chi connectivity index (χ4v) is 5.22. The molecule has 0 spiro atoms. The van der Waals surface area contributed by atoms with Gasteiger partial charge in [-0.25, -0.2) is 13.2 Å². The van der Waals surface area contributed by atoms with E-state index < -0.39 is 21.9 Å². The lowest BCUT2D eigenvalue weighted by molar-refractivity contribution is -0.118. The van der Waals surface area contributed by atoms with Crippen LogP contribution in [0.25, 0.3) is 0 Å². The van der Waals surface area contributed by atoms with Gasteiger partial charge in [0.15, 0.2) is 6.61 Å². The van der Waals surface area contributed by atoms with Crippen LogP contribution in [-0.2, 0) is 19.6 Å². The van der Waals surface area contributed by atoms with E-state index in [0.717, 1.165) is 19.3 Å². The van der Waals surface area contributed by atoms with Crippen LogP contribution in [0.3, 0.4) is 0 Å². The van der Waals surface area contributed by atoms with Crippen molar-refractivity contribution in [2.75, 3.05) is 31.6 Å². The van der Waals surface area contributed by atoms with Gasteiger partial charge in [-0.1, -0.05) is 12.5 Å². The number of hydrogen-bond donors (Lipinski definition) is 1. The Hall–Kier alpha value is -2.91. The molecule has 0 atom stereocenters. The van der Waals surface area contributed by atoms with Gasteiger partial charge in [0.1, 0.15) is 5.75 Å². The van der Waals surface area contributed by atoms with Gasteiger partial charge >= 0.3 is 5.97 Å². The van der Waals surface area contributed by atoms with Crippen LogP contribution < -0.4 is 10.1 Å². The Bertz CT molecular complexity index is 1060. The highest BCUT2D eigenvalue weighted by molar-refractivity contribution is 7.89. The van der Waals surface area contributed by atoms with E-state index >= 15 is 0 Å². The highest BCUT2D eigenvalue weighted by Gasteiger charge is 2.27. The van der Waals surface area contributed by atoms with Gasteiger partial charge in [-0.05, 0) is 68.7 Å². The molecular weight excluding hydrogens is 432 g/mol. The zero-order valence-corrected chi connectivity index (χ0v) is 19.1. The minimum atomic E-state index is -3.61. The number of amides is 1. The summed E-state index contributed by atoms with van der Waals surface area (Å²) >= 11 is 0. The number of ether oxygens (including phenoxy) is 2. The summed E-state index contributed by atoms with van der Waals surface area (Å²) in [4.78, 5) is 24.2. The first-order valence-electron chi connectivity index (χ1n) is 10.6. The zero-order chi connectivity index (χ0) is 23.1. The van der Waals surface area contributed by atoms with Crippen molar-refractivity contribution in [1.82, 2.24) is 4.31 Å². The summed E-state index contributed by atoms with van der Waals surface area (Å²) in [6.45, 7) is 4.53. The third kappa shape index (κ3) is 5.86. The second-order valence-corrected chi connectivity index (χ2v) is 9.43. The van der Waals surface area contributed by atoms with E-state index in [1.807, 2.05) is 0 Å². The molecule has 1 fully saturated rings. The zero-order valence-electron chi connectivity index (χ0n) is 18.3. The van der Waals surface area contributed by atoms with Crippen LogP contribution in [0.2, 0.25) is 0 Å². The number of esters is 1. The van der Waals surface area contributed by atoms with E-state index in [-0.39, 0.29) is 18.1 Å². The average molecular weight is 461 g/mol. The number of carbonyl (C=O) groups excluding carboxylic acids is 2. The second kappa shape index (κ2) is 10.6. The van der Waals surface area contributed by atoms with Gasteiger partial charge in [0, 0.05) is 18.8 Å². The summed E-state index contributed by atoms with van der Waals surface area (Å²) < 4.78 is 37.9. The number of carbonyl (C=O) groups is 2. The average Bonchev–Trinajstić information content (AvgIpc) is 2.80. The van der Waals surface area contributed by atoms with Gasteiger partial charge < -0.3 is 14.8 Å². The maximum Gasteiger partial charge on any atom is 0.338 e. The molecule has 8 nitrogen and oxygen atoms in total. The standard InChI is InChI=1S/C23H28N2O6S/c1-3-30-23(27)18-8-11-20(12-9-18)31-16-22(26)24-19-10-7-17(2)21(15-19)32(28,29)25-13-5-4-6-14-25/h7-12,15H,3-6,13-14,16H2,1-2H3,(H,24,26). The highest BCUT2D eigenvalue weighted by atomic mass is 32.2. The summed E-state index contributed by atoms with van der Waals surface area (Å²) in [7, 11) is -3.61. The molecule has 1 heterocycles. The minimum absolute atomic E-state index is 0.202. The van der Waals surface area contributed by atoms with Gasteiger partial charge in [0.2, 0.25) is 10.0 Å². The van der Waals surface area contributed by atoms with E-state index in [2.05, 4.69) is 5.32 Å². The molecule has 9 heteroatoms. The molecule has 1 saturated heterocycles. The number of nitrogens with zero attached hydrogens (tertiary/aromatic N) is 1. The van der Waals surface area contributed by atoms with Crippen molar-refractivity contribution >= 4 is 27.6 Å². The number of nitrogens with one attached hydrogen (secondary N) is 1. The van der Waals surface area contributed by atoms with Crippen LogP contribution in [0.5, 0.6) is 5.75 Å². The van der Waals surface area contributed by atoms with Crippen molar-refractivity contribution < 1.29 is 27.5 Å². The molecule has 0 radical (unpaired) electrons. The SMILES string of the molecule is CCOC(=O)c1ccc(OCC(=O)Nc2ccc(C)c(S(=O)(=O)N3CCCCC3)c2)cc1. The van der Waals surface area contributed by atoms with E-state index in [9.17, 15) is 18.0 Å². The number of aryl methyl sites for hydroxylation is 1. The molecule has 172 valence electrons. The minimum Gasteiger partial charge on any atom is -0.484 e.